The van der Waals surface area contributed by atoms with Crippen LogP contribution in [0.25, 0.3) is 0 Å². The lowest BCUT2D eigenvalue weighted by atomic mass is 10.2. The predicted octanol–water partition coefficient (Wildman–Crippen LogP) is 2.63. The molecule has 0 radical (unpaired) electrons. The van der Waals surface area contributed by atoms with Crippen molar-refractivity contribution >= 4 is 27.7 Å². The van der Waals surface area contributed by atoms with Crippen LogP contribution < -0.4 is 10.1 Å². The van der Waals surface area contributed by atoms with E-state index in [0.29, 0.717) is 44.2 Å². The van der Waals surface area contributed by atoms with E-state index in [1.165, 1.54) is 16.4 Å². The van der Waals surface area contributed by atoms with Gasteiger partial charge in [0.15, 0.2) is 0 Å². The first-order valence-corrected chi connectivity index (χ1v) is 12.3. The molecular weight excluding hydrogens is 424 g/mol. The zero-order valence-corrected chi connectivity index (χ0v) is 18.5. The molecule has 1 aliphatic heterocycles. The Morgan fingerprint density at radius 3 is 2.53 bits per heavy atom. The molecule has 0 atom stereocenters. The van der Waals surface area contributed by atoms with Gasteiger partial charge in [-0.15, -0.1) is 11.8 Å². The van der Waals surface area contributed by atoms with Crippen LogP contribution in [-0.2, 0) is 14.8 Å². The maximum atomic E-state index is 12.6. The summed E-state index contributed by atoms with van der Waals surface area (Å²) in [7, 11) is -3.52. The third-order valence-electron chi connectivity index (χ3n) is 4.52. The number of nitrogens with one attached hydrogen (secondary N) is 1. The van der Waals surface area contributed by atoms with Crippen LogP contribution in [0.2, 0.25) is 0 Å². The number of nitrogens with zero attached hydrogens (tertiary/aromatic N) is 1. The molecule has 0 aliphatic carbocycles. The molecule has 0 spiro atoms. The molecule has 2 aromatic carbocycles. The fourth-order valence-corrected chi connectivity index (χ4v) is 5.22. The number of carbonyl (C=O) groups is 1. The van der Waals surface area contributed by atoms with Crippen LogP contribution in [0.3, 0.4) is 0 Å². The van der Waals surface area contributed by atoms with Gasteiger partial charge in [0.2, 0.25) is 10.0 Å². The summed E-state index contributed by atoms with van der Waals surface area (Å²) in [6.45, 7) is 4.22. The van der Waals surface area contributed by atoms with Crippen molar-refractivity contribution in [2.45, 2.75) is 16.7 Å². The topological polar surface area (TPSA) is 84.9 Å². The monoisotopic (exact) mass is 450 g/mol. The first-order valence-electron chi connectivity index (χ1n) is 9.83. The molecule has 1 saturated heterocycles. The molecule has 162 valence electrons. The number of thioether (sulfide) groups is 1. The highest BCUT2D eigenvalue weighted by molar-refractivity contribution is 7.99. The first kappa shape index (κ1) is 22.6. The Kier molecular flexibility index (Phi) is 8.15. The van der Waals surface area contributed by atoms with Crippen molar-refractivity contribution in [2.75, 3.05) is 45.2 Å². The van der Waals surface area contributed by atoms with Gasteiger partial charge in [0, 0.05) is 18.0 Å². The van der Waals surface area contributed by atoms with E-state index in [0.717, 1.165) is 10.6 Å². The molecule has 1 fully saturated rings. The lowest BCUT2D eigenvalue weighted by Gasteiger charge is -2.26. The Labute approximate surface area is 181 Å². The summed E-state index contributed by atoms with van der Waals surface area (Å²) in [4.78, 5) is 13.6. The van der Waals surface area contributed by atoms with E-state index >= 15 is 0 Å². The number of amides is 1. The van der Waals surface area contributed by atoms with Crippen molar-refractivity contribution in [3.8, 4) is 5.75 Å². The van der Waals surface area contributed by atoms with E-state index in [1.807, 2.05) is 31.2 Å². The summed E-state index contributed by atoms with van der Waals surface area (Å²) < 4.78 is 37.5. The van der Waals surface area contributed by atoms with E-state index in [1.54, 1.807) is 23.9 Å². The van der Waals surface area contributed by atoms with Gasteiger partial charge < -0.3 is 14.8 Å². The Morgan fingerprint density at radius 2 is 1.83 bits per heavy atom. The average molecular weight is 451 g/mol. The van der Waals surface area contributed by atoms with E-state index in [4.69, 9.17) is 9.47 Å². The number of rotatable bonds is 9. The predicted molar refractivity (Wildman–Crippen MR) is 117 cm³/mol. The smallest absolute Gasteiger partial charge is 0.252 e. The number of benzene rings is 2. The number of sulfonamides is 1. The molecule has 0 saturated carbocycles. The Balaban J connectivity index is 1.49. The van der Waals surface area contributed by atoms with Crippen molar-refractivity contribution in [1.29, 1.82) is 0 Å². The summed E-state index contributed by atoms with van der Waals surface area (Å²) in [6, 6.07) is 13.8. The fourth-order valence-electron chi connectivity index (χ4n) is 3.01. The van der Waals surface area contributed by atoms with Crippen molar-refractivity contribution in [3.63, 3.8) is 0 Å². The van der Waals surface area contributed by atoms with Gasteiger partial charge in [0.25, 0.3) is 5.91 Å². The number of morpholine rings is 1. The van der Waals surface area contributed by atoms with Crippen LogP contribution in [0.15, 0.2) is 58.3 Å². The van der Waals surface area contributed by atoms with Gasteiger partial charge in [-0.1, -0.05) is 19.1 Å². The highest BCUT2D eigenvalue weighted by atomic mass is 32.2. The molecule has 1 heterocycles. The van der Waals surface area contributed by atoms with Crippen LogP contribution in [0, 0.1) is 0 Å². The molecule has 9 heteroatoms. The second-order valence-corrected chi connectivity index (χ2v) is 9.77. The number of carbonyl (C=O) groups excluding carboxylic acids is 1. The summed E-state index contributed by atoms with van der Waals surface area (Å²) in [5.74, 6) is 1.30. The van der Waals surface area contributed by atoms with Crippen LogP contribution in [0.1, 0.15) is 17.3 Å². The summed E-state index contributed by atoms with van der Waals surface area (Å²) in [5.41, 5.74) is 0.655. The molecule has 2 aromatic rings. The molecule has 0 aromatic heterocycles. The van der Waals surface area contributed by atoms with Gasteiger partial charge in [0.05, 0.1) is 30.2 Å². The van der Waals surface area contributed by atoms with Crippen LogP contribution >= 0.6 is 11.8 Å². The molecule has 3 rings (SSSR count). The number of ether oxygens (including phenoxy) is 2. The molecule has 0 bridgehead atoms. The summed E-state index contributed by atoms with van der Waals surface area (Å²) in [6.07, 6.45) is 0. The van der Waals surface area contributed by atoms with Gasteiger partial charge in [-0.25, -0.2) is 8.42 Å². The lowest BCUT2D eigenvalue weighted by molar-refractivity contribution is 0.0730. The zero-order valence-electron chi connectivity index (χ0n) is 16.9. The zero-order chi connectivity index (χ0) is 21.4. The third-order valence-corrected chi connectivity index (χ3v) is 7.39. The van der Waals surface area contributed by atoms with Gasteiger partial charge in [0.1, 0.15) is 12.4 Å². The quantitative estimate of drug-likeness (QED) is 0.467. The van der Waals surface area contributed by atoms with E-state index in [2.05, 4.69) is 5.32 Å². The Hall–Kier alpha value is -2.07. The van der Waals surface area contributed by atoms with Crippen molar-refractivity contribution < 1.29 is 22.7 Å². The lowest BCUT2D eigenvalue weighted by Crippen LogP contribution is -2.40. The van der Waals surface area contributed by atoms with Crippen LogP contribution in [0.4, 0.5) is 0 Å². The minimum Gasteiger partial charge on any atom is -0.492 e. The SMILES string of the molecule is CCSc1ccccc1C(=O)NCCOc1ccc(S(=O)(=O)N2CCOCC2)cc1. The normalized spacial score (nSPS) is 15.0. The van der Waals surface area contributed by atoms with E-state index in [9.17, 15) is 13.2 Å². The average Bonchev–Trinajstić information content (AvgIpc) is 2.78. The minimum atomic E-state index is -3.52. The minimum absolute atomic E-state index is 0.137. The number of hydrogen-bond donors (Lipinski definition) is 1. The van der Waals surface area contributed by atoms with Gasteiger partial charge in [-0.2, -0.15) is 4.31 Å². The van der Waals surface area contributed by atoms with Gasteiger partial charge >= 0.3 is 0 Å². The summed E-state index contributed by atoms with van der Waals surface area (Å²) >= 11 is 1.63. The molecule has 1 N–H and O–H groups in total. The second-order valence-electron chi connectivity index (χ2n) is 6.52. The Bertz CT molecular complexity index is 942. The van der Waals surface area contributed by atoms with E-state index in [-0.39, 0.29) is 17.4 Å². The third kappa shape index (κ3) is 5.75. The van der Waals surface area contributed by atoms with E-state index < -0.39 is 10.0 Å². The molecule has 1 amide bonds. The second kappa shape index (κ2) is 10.8. The maximum Gasteiger partial charge on any atom is 0.252 e. The number of hydrogen-bond acceptors (Lipinski definition) is 6. The summed E-state index contributed by atoms with van der Waals surface area (Å²) in [5, 5.41) is 2.85. The molecule has 7 nitrogen and oxygen atoms in total. The maximum absolute atomic E-state index is 12.6. The van der Waals surface area contributed by atoms with Crippen LogP contribution in [0.5, 0.6) is 5.75 Å². The fraction of sp³-hybridized carbons (Fsp3) is 0.381. The van der Waals surface area contributed by atoms with Gasteiger partial charge in [-0.3, -0.25) is 4.79 Å². The molecular formula is C21H26N2O5S2. The van der Waals surface area contributed by atoms with Gasteiger partial charge in [-0.05, 0) is 42.2 Å². The highest BCUT2D eigenvalue weighted by Gasteiger charge is 2.26. The van der Waals surface area contributed by atoms with Crippen LogP contribution in [-0.4, -0.2) is 63.8 Å². The van der Waals surface area contributed by atoms with Crippen molar-refractivity contribution in [2.24, 2.45) is 0 Å². The largest absolute Gasteiger partial charge is 0.492 e. The molecule has 1 aliphatic rings. The molecule has 30 heavy (non-hydrogen) atoms. The van der Waals surface area contributed by atoms with Crippen molar-refractivity contribution in [1.82, 2.24) is 9.62 Å². The molecule has 0 unspecified atom stereocenters. The first-order chi connectivity index (χ1) is 14.5. The van der Waals surface area contributed by atoms with Crippen molar-refractivity contribution in [3.05, 3.63) is 54.1 Å². The standard InChI is InChI=1S/C21H26N2O5S2/c1-2-29-20-6-4-3-5-19(20)21(24)22-11-14-28-17-7-9-18(10-8-17)30(25,26)23-12-15-27-16-13-23/h3-10H,2,11-16H2,1H3,(H,22,24). The highest BCUT2D eigenvalue weighted by Crippen LogP contribution is 2.22. The Morgan fingerprint density at radius 1 is 1.13 bits per heavy atom.